The standard InChI is InChI=1S/C41H49.C15H14.C5H5.2ClH.Zr/c1-38(2,3)34-19-15-13-17-28(34)32-22-26-21-27-23-33(29-18-14-16-20-35(29)39(4,5)6)37(41(10,11)12)25-31(27)30(26)24-36(32)40(7,8)9;1-3-8-14(9-4-1)12-7-13-15-10-5-2-6-11-15;1-2-4-5-3-1;;;/h13-20,22,24-25H,21H2,1-12H3;1-6,8-11H,12-13H2;1-5H;2*1H;/q-1;;-1;;;+2/p-2. The van der Waals surface area contributed by atoms with Gasteiger partial charge in [0, 0.05) is 0 Å². The summed E-state index contributed by atoms with van der Waals surface area (Å²) in [5, 5.41) is 0. The Morgan fingerprint density at radius 3 is 1.33 bits per heavy atom. The number of hydrogen-bond donors (Lipinski definition) is 0. The monoisotopic (exact) mass is 960 g/mol. The molecule has 0 amide bonds. The number of benzene rings is 6. The van der Waals surface area contributed by atoms with Crippen molar-refractivity contribution in [2.45, 2.75) is 124 Å². The Morgan fingerprint density at radius 1 is 0.453 bits per heavy atom. The van der Waals surface area contributed by atoms with Gasteiger partial charge in [0.1, 0.15) is 0 Å². The molecule has 332 valence electrons. The van der Waals surface area contributed by atoms with Crippen molar-refractivity contribution in [1.82, 2.24) is 0 Å². The van der Waals surface area contributed by atoms with Crippen molar-refractivity contribution in [2.24, 2.45) is 0 Å². The maximum atomic E-state index is 4.03. The molecule has 0 radical (unpaired) electrons. The summed E-state index contributed by atoms with van der Waals surface area (Å²) in [6.45, 7) is 28.0. The molecule has 0 atom stereocenters. The van der Waals surface area contributed by atoms with E-state index < -0.39 is 0 Å². The average Bonchev–Trinajstić information content (AvgIpc) is 3.92. The van der Waals surface area contributed by atoms with Crippen molar-refractivity contribution in [3.05, 3.63) is 208 Å². The third-order valence-electron chi connectivity index (χ3n) is 11.8. The van der Waals surface area contributed by atoms with Crippen molar-refractivity contribution in [1.29, 1.82) is 0 Å². The van der Waals surface area contributed by atoms with E-state index in [4.69, 9.17) is 0 Å². The Kier molecular flexibility index (Phi) is 18.1. The van der Waals surface area contributed by atoms with Crippen LogP contribution in [0.25, 0.3) is 33.4 Å². The minimum Gasteiger partial charge on any atom is -0.214 e. The second-order valence-electron chi connectivity index (χ2n) is 21.2. The molecule has 0 nitrogen and oxygen atoms in total. The second kappa shape index (κ2) is 22.0. The van der Waals surface area contributed by atoms with E-state index in [9.17, 15) is 0 Å². The fraction of sp³-hybridized carbons (Fsp3) is 0.311. The molecule has 0 aromatic heterocycles. The third-order valence-corrected chi connectivity index (χ3v) is 12.7. The fourth-order valence-corrected chi connectivity index (χ4v) is 9.65. The average molecular weight is 963 g/mol. The SMILES string of the molecule is CC(C)(C)c1cc2c([c-]c1-c1ccccc1C(C)(C)C)Cc1cc(-c3ccccc3C(C)(C)C)c(C(C)(C)C)cc1-2.[Cl-].[Cl-].[Zr+2]=[C](Cc1ccccc1)Cc1ccccc1.c1cc[cH-]c1. The minimum absolute atomic E-state index is 0. The predicted octanol–water partition coefficient (Wildman–Crippen LogP) is 10.2. The molecule has 1 aliphatic carbocycles. The maximum Gasteiger partial charge on any atom is -0.172 e. The molecule has 0 unspecified atom stereocenters. The first-order valence-corrected chi connectivity index (χ1v) is 23.7. The van der Waals surface area contributed by atoms with Crippen molar-refractivity contribution >= 4 is 3.21 Å². The van der Waals surface area contributed by atoms with Crippen LogP contribution in [-0.2, 0) is 65.2 Å². The Labute approximate surface area is 414 Å². The van der Waals surface area contributed by atoms with Crippen LogP contribution in [0.4, 0.5) is 0 Å². The summed E-state index contributed by atoms with van der Waals surface area (Å²) in [5.74, 6) is 0. The molecule has 0 bridgehead atoms. The number of hydrogen-bond acceptors (Lipinski definition) is 0. The van der Waals surface area contributed by atoms with Crippen LogP contribution >= 0.6 is 0 Å². The van der Waals surface area contributed by atoms with E-state index in [1.807, 2.05) is 30.3 Å². The molecule has 64 heavy (non-hydrogen) atoms. The van der Waals surface area contributed by atoms with Gasteiger partial charge in [-0.15, -0.1) is 28.8 Å². The summed E-state index contributed by atoms with van der Waals surface area (Å²) >= 11 is 1.55. The Bertz CT molecular complexity index is 2390. The quantitative estimate of drug-likeness (QED) is 0.146. The van der Waals surface area contributed by atoms with Crippen molar-refractivity contribution < 1.29 is 49.0 Å². The first-order valence-electron chi connectivity index (χ1n) is 22.5. The van der Waals surface area contributed by atoms with Crippen LogP contribution in [0.1, 0.15) is 128 Å². The Balaban J connectivity index is 0.000000321. The van der Waals surface area contributed by atoms with Crippen LogP contribution in [-0.4, -0.2) is 3.21 Å². The zero-order valence-electron chi connectivity index (χ0n) is 40.4. The molecule has 1 aliphatic rings. The smallest absolute Gasteiger partial charge is 0.172 e. The van der Waals surface area contributed by atoms with Gasteiger partial charge in [-0.1, -0.05) is 166 Å². The minimum atomic E-state index is -0.00689. The molecular weight excluding hydrogens is 895 g/mol. The van der Waals surface area contributed by atoms with Crippen LogP contribution in [0.3, 0.4) is 0 Å². The van der Waals surface area contributed by atoms with E-state index in [0.717, 1.165) is 19.3 Å². The first-order chi connectivity index (χ1) is 29.2. The Morgan fingerprint density at radius 2 is 0.875 bits per heavy atom. The van der Waals surface area contributed by atoms with Gasteiger partial charge < -0.3 is 24.8 Å². The summed E-state index contributed by atoms with van der Waals surface area (Å²) in [7, 11) is 0. The third kappa shape index (κ3) is 13.3. The molecule has 7 aromatic carbocycles. The van der Waals surface area contributed by atoms with Crippen molar-refractivity contribution in [3.8, 4) is 33.4 Å². The summed E-state index contributed by atoms with van der Waals surface area (Å²) in [6, 6.07) is 60.9. The van der Waals surface area contributed by atoms with Crippen LogP contribution < -0.4 is 24.8 Å². The van der Waals surface area contributed by atoms with Crippen LogP contribution in [0.15, 0.2) is 158 Å². The summed E-state index contributed by atoms with van der Waals surface area (Å²) in [6.07, 6.45) is 3.16. The van der Waals surface area contributed by atoms with Gasteiger partial charge >= 0.3 is 112 Å². The zero-order chi connectivity index (χ0) is 44.9. The van der Waals surface area contributed by atoms with Crippen molar-refractivity contribution in [3.63, 3.8) is 0 Å². The molecule has 8 rings (SSSR count). The van der Waals surface area contributed by atoms with E-state index in [0.29, 0.717) is 0 Å². The van der Waals surface area contributed by atoms with E-state index in [1.165, 1.54) is 77.9 Å². The Hall–Kier alpha value is -4.00. The molecule has 0 heterocycles. The number of fused-ring (bicyclic) bond motifs is 3. The van der Waals surface area contributed by atoms with Gasteiger partial charge in [-0.3, -0.25) is 0 Å². The molecular formula is C61H68Cl2Zr-2. The maximum absolute atomic E-state index is 4.03. The van der Waals surface area contributed by atoms with E-state index >= 15 is 0 Å². The molecule has 0 saturated carbocycles. The summed E-state index contributed by atoms with van der Waals surface area (Å²) in [5.41, 5.74) is 19.4. The zero-order valence-corrected chi connectivity index (χ0v) is 44.4. The van der Waals surface area contributed by atoms with Crippen LogP contribution in [0.5, 0.6) is 0 Å². The summed E-state index contributed by atoms with van der Waals surface area (Å²) in [4.78, 5) is 0. The number of rotatable bonds is 6. The molecule has 0 N–H and O–H groups in total. The van der Waals surface area contributed by atoms with Gasteiger partial charge in [-0.25, -0.2) is 12.1 Å². The molecule has 0 fully saturated rings. The van der Waals surface area contributed by atoms with Gasteiger partial charge in [0.15, 0.2) is 0 Å². The van der Waals surface area contributed by atoms with E-state index in [2.05, 4.69) is 217 Å². The predicted molar refractivity (Wildman–Crippen MR) is 267 cm³/mol. The molecule has 3 heteroatoms. The second-order valence-corrected chi connectivity index (χ2v) is 22.9. The summed E-state index contributed by atoms with van der Waals surface area (Å²) < 4.78 is 1.60. The van der Waals surface area contributed by atoms with E-state index in [1.54, 1.807) is 27.4 Å². The van der Waals surface area contributed by atoms with Crippen molar-refractivity contribution in [2.75, 3.05) is 0 Å². The van der Waals surface area contributed by atoms with Gasteiger partial charge in [0.05, 0.1) is 0 Å². The van der Waals surface area contributed by atoms with Crippen LogP contribution in [0.2, 0.25) is 0 Å². The van der Waals surface area contributed by atoms with Gasteiger partial charge in [-0.05, 0) is 55.9 Å². The molecule has 0 saturated heterocycles. The first kappa shape index (κ1) is 52.6. The van der Waals surface area contributed by atoms with Gasteiger partial charge in [0.2, 0.25) is 0 Å². The van der Waals surface area contributed by atoms with E-state index in [-0.39, 0.29) is 46.5 Å². The molecule has 7 aromatic rings. The topological polar surface area (TPSA) is 0 Å². The largest absolute Gasteiger partial charge is 0.214 e. The molecule has 0 spiro atoms. The van der Waals surface area contributed by atoms with Gasteiger partial charge in [-0.2, -0.15) is 18.2 Å². The normalized spacial score (nSPS) is 12.0. The molecule has 0 aliphatic heterocycles. The van der Waals surface area contributed by atoms with Gasteiger partial charge in [0.25, 0.3) is 0 Å². The number of halogens is 2. The van der Waals surface area contributed by atoms with Crippen LogP contribution in [0, 0.1) is 6.07 Å². The fourth-order valence-electron chi connectivity index (χ4n) is 8.64.